The number of hydrogen-bond donors (Lipinski definition) is 2. The number of esters is 1. The summed E-state index contributed by atoms with van der Waals surface area (Å²) >= 11 is 0. The monoisotopic (exact) mass is 481 g/mol. The molecule has 1 aliphatic heterocycles. The lowest BCUT2D eigenvalue weighted by Crippen LogP contribution is -2.41. The summed E-state index contributed by atoms with van der Waals surface area (Å²) in [6.07, 6.45) is 3.46. The molecule has 1 aromatic carbocycles. The number of aromatic nitrogens is 3. The molecule has 10 heteroatoms. The highest BCUT2D eigenvalue weighted by molar-refractivity contribution is 6.00. The number of phenols is 1. The largest absolute Gasteiger partial charge is 0.508 e. The zero-order valence-corrected chi connectivity index (χ0v) is 20.4. The van der Waals surface area contributed by atoms with Crippen LogP contribution in [-0.4, -0.2) is 61.4 Å². The van der Waals surface area contributed by atoms with Crippen LogP contribution in [0.3, 0.4) is 0 Å². The summed E-state index contributed by atoms with van der Waals surface area (Å²) < 4.78 is 12.8. The third-order valence-electron chi connectivity index (χ3n) is 5.94. The van der Waals surface area contributed by atoms with Crippen molar-refractivity contribution in [2.45, 2.75) is 58.2 Å². The van der Waals surface area contributed by atoms with Crippen molar-refractivity contribution < 1.29 is 24.2 Å². The second kappa shape index (κ2) is 9.44. The van der Waals surface area contributed by atoms with E-state index in [-0.39, 0.29) is 36.8 Å². The van der Waals surface area contributed by atoms with Gasteiger partial charge in [-0.1, -0.05) is 12.1 Å². The number of nitrogens with zero attached hydrogens (tertiary/aromatic N) is 4. The minimum Gasteiger partial charge on any atom is -0.508 e. The van der Waals surface area contributed by atoms with Gasteiger partial charge >= 0.3 is 12.1 Å². The number of anilines is 1. The Hall–Kier alpha value is -3.82. The molecule has 0 bridgehead atoms. The van der Waals surface area contributed by atoms with Crippen LogP contribution in [0.25, 0.3) is 22.2 Å². The van der Waals surface area contributed by atoms with Crippen LogP contribution in [0.4, 0.5) is 10.6 Å². The van der Waals surface area contributed by atoms with E-state index in [2.05, 4.69) is 9.97 Å². The van der Waals surface area contributed by atoms with Crippen molar-refractivity contribution >= 4 is 28.9 Å². The van der Waals surface area contributed by atoms with Gasteiger partial charge in [-0.15, -0.1) is 0 Å². The molecule has 10 nitrogen and oxygen atoms in total. The van der Waals surface area contributed by atoms with Crippen molar-refractivity contribution in [3.05, 3.63) is 36.8 Å². The molecule has 4 rings (SSSR count). The average molecular weight is 482 g/mol. The Labute approximate surface area is 203 Å². The molecule has 3 aromatic rings. The Kier molecular flexibility index (Phi) is 6.56. The number of hydrogen-bond acceptors (Lipinski definition) is 8. The summed E-state index contributed by atoms with van der Waals surface area (Å²) in [4.78, 5) is 35.6. The van der Waals surface area contributed by atoms with Gasteiger partial charge in [0.25, 0.3) is 0 Å². The third kappa shape index (κ3) is 5.16. The Morgan fingerprint density at radius 2 is 1.91 bits per heavy atom. The molecule has 0 saturated carbocycles. The standard InChI is InChI=1S/C25H31N5O5/c1-5-34-20(32)11-16-10-17(12-30(16)24(33)35-25(2,3)4)29-13-19(15-6-8-18(31)9-7-15)21-22(26)27-14-28-23(21)29/h6-9,13-14,16-17,31H,5,10-12H2,1-4H3,(H2,26,27,28)/t16-,17+/m0/s1. The van der Waals surface area contributed by atoms with Crippen molar-refractivity contribution in [2.24, 2.45) is 0 Å². The summed E-state index contributed by atoms with van der Waals surface area (Å²) in [6, 6.07) is 6.24. The SMILES string of the molecule is CCOC(=O)C[C@@H]1C[C@@H](n2cc(-c3ccc(O)cc3)c3c(N)ncnc32)CN1C(=O)OC(C)(C)C. The molecule has 1 saturated heterocycles. The van der Waals surface area contributed by atoms with E-state index in [1.54, 1.807) is 36.1 Å². The minimum absolute atomic E-state index is 0.0741. The number of ether oxygens (including phenoxy) is 2. The van der Waals surface area contributed by atoms with Gasteiger partial charge in [0.15, 0.2) is 0 Å². The Morgan fingerprint density at radius 1 is 1.20 bits per heavy atom. The molecule has 0 aliphatic carbocycles. The molecule has 1 fully saturated rings. The van der Waals surface area contributed by atoms with Gasteiger partial charge in [0, 0.05) is 24.3 Å². The maximum atomic E-state index is 13.0. The molecule has 186 valence electrons. The van der Waals surface area contributed by atoms with Crippen LogP contribution >= 0.6 is 0 Å². The fraction of sp³-hybridized carbons (Fsp3) is 0.440. The number of nitrogens with two attached hydrogens (primary N) is 1. The lowest BCUT2D eigenvalue weighted by Gasteiger charge is -2.28. The Bertz CT molecular complexity index is 1230. The van der Waals surface area contributed by atoms with Gasteiger partial charge in [0.1, 0.15) is 29.1 Å². The zero-order valence-electron chi connectivity index (χ0n) is 20.4. The minimum atomic E-state index is -0.669. The van der Waals surface area contributed by atoms with Crippen molar-refractivity contribution in [3.8, 4) is 16.9 Å². The van der Waals surface area contributed by atoms with Gasteiger partial charge in [-0.05, 0) is 51.8 Å². The molecule has 0 radical (unpaired) electrons. The van der Waals surface area contributed by atoms with E-state index in [1.807, 2.05) is 31.5 Å². The molecule has 1 amide bonds. The van der Waals surface area contributed by atoms with Gasteiger partial charge < -0.3 is 29.8 Å². The van der Waals surface area contributed by atoms with Crippen molar-refractivity contribution in [1.29, 1.82) is 0 Å². The fourth-order valence-corrected chi connectivity index (χ4v) is 4.49. The second-order valence-corrected chi connectivity index (χ2v) is 9.64. The number of benzene rings is 1. The first-order valence-electron chi connectivity index (χ1n) is 11.6. The van der Waals surface area contributed by atoms with Crippen molar-refractivity contribution in [1.82, 2.24) is 19.4 Å². The molecule has 0 unspecified atom stereocenters. The van der Waals surface area contributed by atoms with E-state index in [9.17, 15) is 14.7 Å². The lowest BCUT2D eigenvalue weighted by atomic mass is 10.1. The molecular formula is C25H31N5O5. The third-order valence-corrected chi connectivity index (χ3v) is 5.94. The number of fused-ring (bicyclic) bond motifs is 1. The highest BCUT2D eigenvalue weighted by atomic mass is 16.6. The maximum absolute atomic E-state index is 13.0. The van der Waals surface area contributed by atoms with Crippen LogP contribution in [0, 0.1) is 0 Å². The number of phenolic OH excluding ortho intramolecular Hbond substituents is 1. The maximum Gasteiger partial charge on any atom is 0.410 e. The van der Waals surface area contributed by atoms with Gasteiger partial charge in [-0.25, -0.2) is 14.8 Å². The van der Waals surface area contributed by atoms with E-state index in [0.29, 0.717) is 29.8 Å². The Balaban J connectivity index is 1.73. The van der Waals surface area contributed by atoms with Crippen molar-refractivity contribution in [3.63, 3.8) is 0 Å². The van der Waals surface area contributed by atoms with Crippen LogP contribution in [-0.2, 0) is 14.3 Å². The number of carbonyl (C=O) groups excluding carboxylic acids is 2. The summed E-state index contributed by atoms with van der Waals surface area (Å²) in [5.74, 6) is 0.134. The van der Waals surface area contributed by atoms with Crippen LogP contribution in [0.1, 0.15) is 46.6 Å². The number of carbonyl (C=O) groups is 2. The highest BCUT2D eigenvalue weighted by Crippen LogP contribution is 2.39. The molecule has 2 atom stereocenters. The number of aromatic hydroxyl groups is 1. The molecule has 35 heavy (non-hydrogen) atoms. The number of nitrogen functional groups attached to an aromatic ring is 1. The summed E-state index contributed by atoms with van der Waals surface area (Å²) in [5.41, 5.74) is 7.87. The van der Waals surface area contributed by atoms with E-state index < -0.39 is 11.7 Å². The predicted octanol–water partition coefficient (Wildman–Crippen LogP) is 3.89. The quantitative estimate of drug-likeness (QED) is 0.525. The van der Waals surface area contributed by atoms with E-state index >= 15 is 0 Å². The number of likely N-dealkylation sites (tertiary alicyclic amines) is 1. The van der Waals surface area contributed by atoms with Gasteiger partial charge in [-0.2, -0.15) is 0 Å². The molecule has 2 aromatic heterocycles. The van der Waals surface area contributed by atoms with E-state index in [1.165, 1.54) is 6.33 Å². The van der Waals surface area contributed by atoms with Crippen LogP contribution in [0.2, 0.25) is 0 Å². The molecule has 1 aliphatic rings. The number of amides is 1. The average Bonchev–Trinajstić information content (AvgIpc) is 3.36. The smallest absolute Gasteiger partial charge is 0.410 e. The van der Waals surface area contributed by atoms with E-state index in [0.717, 1.165) is 11.1 Å². The molecule has 3 N–H and O–H groups in total. The van der Waals surface area contributed by atoms with Crippen LogP contribution < -0.4 is 5.73 Å². The predicted molar refractivity (Wildman–Crippen MR) is 131 cm³/mol. The Morgan fingerprint density at radius 3 is 2.57 bits per heavy atom. The van der Waals surface area contributed by atoms with E-state index in [4.69, 9.17) is 15.2 Å². The molecule has 3 heterocycles. The molecular weight excluding hydrogens is 450 g/mol. The fourth-order valence-electron chi connectivity index (χ4n) is 4.49. The first-order valence-corrected chi connectivity index (χ1v) is 11.6. The van der Waals surface area contributed by atoms with Gasteiger partial charge in [-0.3, -0.25) is 4.79 Å². The van der Waals surface area contributed by atoms with Crippen molar-refractivity contribution in [2.75, 3.05) is 18.9 Å². The zero-order chi connectivity index (χ0) is 25.3. The highest BCUT2D eigenvalue weighted by Gasteiger charge is 2.40. The number of rotatable bonds is 5. The normalized spacial score (nSPS) is 18.1. The van der Waals surface area contributed by atoms with Gasteiger partial charge in [0.05, 0.1) is 24.5 Å². The van der Waals surface area contributed by atoms with Crippen LogP contribution in [0.15, 0.2) is 36.8 Å². The lowest BCUT2D eigenvalue weighted by molar-refractivity contribution is -0.144. The second-order valence-electron chi connectivity index (χ2n) is 9.64. The topological polar surface area (TPSA) is 133 Å². The van der Waals surface area contributed by atoms with Gasteiger partial charge in [0.2, 0.25) is 0 Å². The summed E-state index contributed by atoms with van der Waals surface area (Å²) in [6.45, 7) is 7.78. The molecule has 0 spiro atoms. The summed E-state index contributed by atoms with van der Waals surface area (Å²) in [5, 5.41) is 10.4. The first-order chi connectivity index (χ1) is 16.6. The summed E-state index contributed by atoms with van der Waals surface area (Å²) in [7, 11) is 0. The first kappa shape index (κ1) is 24.3. The van der Waals surface area contributed by atoms with Crippen LogP contribution in [0.5, 0.6) is 5.75 Å².